The summed E-state index contributed by atoms with van der Waals surface area (Å²) in [6, 6.07) is 4.10. The maximum Gasteiger partial charge on any atom is 0.123 e. The molecule has 0 radical (unpaired) electrons. The molecule has 0 aromatic carbocycles. The first-order valence-corrected chi connectivity index (χ1v) is 7.83. The number of hydrogen-bond acceptors (Lipinski definition) is 4. The van der Waals surface area contributed by atoms with Gasteiger partial charge in [0.1, 0.15) is 5.82 Å². The monoisotopic (exact) mass is 276 g/mol. The van der Waals surface area contributed by atoms with Gasteiger partial charge < -0.3 is 11.5 Å². The first-order valence-electron chi connectivity index (χ1n) is 7.83. The first kappa shape index (κ1) is 15.3. The molecule has 0 amide bonds. The Balaban J connectivity index is 2.16. The van der Waals surface area contributed by atoms with Crippen molar-refractivity contribution >= 4 is 5.82 Å². The van der Waals surface area contributed by atoms with Crippen LogP contribution < -0.4 is 11.5 Å². The van der Waals surface area contributed by atoms with E-state index in [9.17, 15) is 0 Å². The molecule has 4 heteroatoms. The van der Waals surface area contributed by atoms with Crippen LogP contribution in [-0.2, 0) is 6.42 Å². The van der Waals surface area contributed by atoms with Crippen molar-refractivity contribution in [2.75, 3.05) is 18.8 Å². The minimum atomic E-state index is 0.120. The number of nitrogens with zero attached hydrogens (tertiary/aromatic N) is 2. The maximum atomic E-state index is 6.63. The molecule has 1 aliphatic rings. The molecule has 1 aliphatic heterocycles. The van der Waals surface area contributed by atoms with Crippen LogP contribution in [0.4, 0.5) is 5.82 Å². The highest BCUT2D eigenvalue weighted by Crippen LogP contribution is 2.32. The number of rotatable bonds is 6. The number of nitrogens with two attached hydrogens (primary N) is 2. The van der Waals surface area contributed by atoms with Crippen LogP contribution in [-0.4, -0.2) is 34.6 Å². The van der Waals surface area contributed by atoms with Crippen LogP contribution in [0.5, 0.6) is 0 Å². The fourth-order valence-electron chi connectivity index (χ4n) is 3.68. The van der Waals surface area contributed by atoms with Gasteiger partial charge in [0, 0.05) is 17.8 Å². The van der Waals surface area contributed by atoms with E-state index >= 15 is 0 Å². The molecule has 1 aromatic rings. The molecular weight excluding hydrogens is 248 g/mol. The Labute approximate surface area is 122 Å². The third kappa shape index (κ3) is 2.96. The molecule has 1 saturated heterocycles. The highest BCUT2D eigenvalue weighted by atomic mass is 15.2. The van der Waals surface area contributed by atoms with Gasteiger partial charge in [-0.1, -0.05) is 13.8 Å². The van der Waals surface area contributed by atoms with E-state index in [0.717, 1.165) is 19.3 Å². The third-order valence-corrected chi connectivity index (χ3v) is 4.95. The molecular formula is C16H28N4. The molecule has 0 saturated carbocycles. The van der Waals surface area contributed by atoms with Crippen molar-refractivity contribution in [1.82, 2.24) is 9.88 Å². The molecule has 0 spiro atoms. The van der Waals surface area contributed by atoms with Gasteiger partial charge in [-0.2, -0.15) is 0 Å². The number of anilines is 1. The zero-order valence-corrected chi connectivity index (χ0v) is 12.8. The topological polar surface area (TPSA) is 68.2 Å². The highest BCUT2D eigenvalue weighted by molar-refractivity contribution is 5.32. The van der Waals surface area contributed by atoms with Crippen LogP contribution in [0.3, 0.4) is 0 Å². The van der Waals surface area contributed by atoms with Gasteiger partial charge in [-0.05, 0) is 62.9 Å². The van der Waals surface area contributed by atoms with Crippen molar-refractivity contribution in [3.05, 3.63) is 23.9 Å². The van der Waals surface area contributed by atoms with Crippen LogP contribution in [0.15, 0.2) is 18.3 Å². The molecule has 4 N–H and O–H groups in total. The van der Waals surface area contributed by atoms with E-state index in [-0.39, 0.29) is 11.6 Å². The molecule has 20 heavy (non-hydrogen) atoms. The molecule has 4 nitrogen and oxygen atoms in total. The van der Waals surface area contributed by atoms with Gasteiger partial charge >= 0.3 is 0 Å². The van der Waals surface area contributed by atoms with Crippen LogP contribution in [0.2, 0.25) is 0 Å². The van der Waals surface area contributed by atoms with E-state index in [4.69, 9.17) is 11.5 Å². The van der Waals surface area contributed by atoms with Gasteiger partial charge in [-0.15, -0.1) is 0 Å². The Bertz CT molecular complexity index is 422. The molecule has 0 bridgehead atoms. The molecule has 1 unspecified atom stereocenters. The lowest BCUT2D eigenvalue weighted by Crippen LogP contribution is -2.59. The lowest BCUT2D eigenvalue weighted by molar-refractivity contribution is 0.0768. The van der Waals surface area contributed by atoms with Gasteiger partial charge in [0.25, 0.3) is 0 Å². The van der Waals surface area contributed by atoms with Gasteiger partial charge in [-0.3, -0.25) is 4.90 Å². The standard InChI is InChI=1S/C16H28N4/c1-3-16(4-2,20-9-5-6-10-20)14(17)11-13-7-8-19-15(18)12-13/h7-8,12,14H,3-6,9-11,17H2,1-2H3,(H2,18,19). The normalized spacial score (nSPS) is 18.4. The van der Waals surface area contributed by atoms with Crippen molar-refractivity contribution in [2.24, 2.45) is 5.73 Å². The van der Waals surface area contributed by atoms with Gasteiger partial charge in [0.05, 0.1) is 0 Å². The van der Waals surface area contributed by atoms with Gasteiger partial charge in [0.15, 0.2) is 0 Å². The van der Waals surface area contributed by atoms with Crippen molar-refractivity contribution in [3.63, 3.8) is 0 Å². The van der Waals surface area contributed by atoms with Crippen LogP contribution in [0.1, 0.15) is 45.1 Å². The highest BCUT2D eigenvalue weighted by Gasteiger charge is 2.40. The largest absolute Gasteiger partial charge is 0.384 e. The van der Waals surface area contributed by atoms with Crippen molar-refractivity contribution < 1.29 is 0 Å². The predicted molar refractivity (Wildman–Crippen MR) is 84.4 cm³/mol. The van der Waals surface area contributed by atoms with Gasteiger partial charge in [-0.25, -0.2) is 4.98 Å². The number of nitrogen functional groups attached to an aromatic ring is 1. The Hall–Kier alpha value is -1.13. The Kier molecular flexibility index (Phi) is 5.00. The summed E-state index contributed by atoms with van der Waals surface area (Å²) in [5.41, 5.74) is 13.7. The van der Waals surface area contributed by atoms with E-state index in [1.807, 2.05) is 12.1 Å². The average molecular weight is 276 g/mol. The summed E-state index contributed by atoms with van der Waals surface area (Å²) in [6.45, 7) is 6.91. The van der Waals surface area contributed by atoms with E-state index in [2.05, 4.69) is 23.7 Å². The number of hydrogen-bond donors (Lipinski definition) is 2. The van der Waals surface area contributed by atoms with Crippen molar-refractivity contribution in [1.29, 1.82) is 0 Å². The Morgan fingerprint density at radius 2 is 1.95 bits per heavy atom. The second-order valence-corrected chi connectivity index (χ2v) is 5.90. The summed E-state index contributed by atoms with van der Waals surface area (Å²) >= 11 is 0. The zero-order valence-electron chi connectivity index (χ0n) is 12.8. The van der Waals surface area contributed by atoms with Crippen LogP contribution >= 0.6 is 0 Å². The van der Waals surface area contributed by atoms with Gasteiger partial charge in [0.2, 0.25) is 0 Å². The fourth-order valence-corrected chi connectivity index (χ4v) is 3.68. The molecule has 1 fully saturated rings. The van der Waals surface area contributed by atoms with Crippen LogP contribution in [0.25, 0.3) is 0 Å². The Morgan fingerprint density at radius 3 is 2.50 bits per heavy atom. The lowest BCUT2D eigenvalue weighted by Gasteiger charge is -2.45. The maximum absolute atomic E-state index is 6.63. The summed E-state index contributed by atoms with van der Waals surface area (Å²) in [5.74, 6) is 0.578. The second-order valence-electron chi connectivity index (χ2n) is 5.90. The molecule has 112 valence electrons. The summed E-state index contributed by atoms with van der Waals surface area (Å²) in [6.07, 6.45) is 7.45. The smallest absolute Gasteiger partial charge is 0.123 e. The van der Waals surface area contributed by atoms with Crippen LogP contribution in [0, 0.1) is 0 Å². The van der Waals surface area contributed by atoms with Crippen molar-refractivity contribution in [2.45, 2.75) is 57.5 Å². The number of likely N-dealkylation sites (tertiary alicyclic amines) is 1. The summed E-state index contributed by atoms with van der Waals surface area (Å²) < 4.78 is 0. The summed E-state index contributed by atoms with van der Waals surface area (Å²) in [4.78, 5) is 6.67. The minimum absolute atomic E-state index is 0.120. The molecule has 2 rings (SSSR count). The van der Waals surface area contributed by atoms with E-state index in [1.165, 1.54) is 31.5 Å². The summed E-state index contributed by atoms with van der Waals surface area (Å²) in [5, 5.41) is 0. The second kappa shape index (κ2) is 6.55. The lowest BCUT2D eigenvalue weighted by atomic mass is 9.80. The molecule has 0 aliphatic carbocycles. The summed E-state index contributed by atoms with van der Waals surface area (Å²) in [7, 11) is 0. The minimum Gasteiger partial charge on any atom is -0.384 e. The predicted octanol–water partition coefficient (Wildman–Crippen LogP) is 2.19. The third-order valence-electron chi connectivity index (χ3n) is 4.95. The number of aromatic nitrogens is 1. The van der Waals surface area contributed by atoms with E-state index < -0.39 is 0 Å². The molecule has 2 heterocycles. The first-order chi connectivity index (χ1) is 9.62. The van der Waals surface area contributed by atoms with E-state index in [0.29, 0.717) is 5.82 Å². The van der Waals surface area contributed by atoms with Crippen molar-refractivity contribution in [3.8, 4) is 0 Å². The Morgan fingerprint density at radius 1 is 1.30 bits per heavy atom. The molecule has 1 atom stereocenters. The SMILES string of the molecule is CCC(CC)(C(N)Cc1ccnc(N)c1)N1CCCC1. The van der Waals surface area contributed by atoms with E-state index in [1.54, 1.807) is 6.20 Å². The molecule has 1 aromatic heterocycles. The zero-order chi connectivity index (χ0) is 14.6. The quantitative estimate of drug-likeness (QED) is 0.835. The number of pyridine rings is 1. The fraction of sp³-hybridized carbons (Fsp3) is 0.688. The average Bonchev–Trinajstić information content (AvgIpc) is 2.95.